The summed E-state index contributed by atoms with van der Waals surface area (Å²) in [5, 5.41) is 40.8. The zero-order chi connectivity index (χ0) is 52.4. The molecule has 0 aliphatic heterocycles. The van der Waals surface area contributed by atoms with Crippen LogP contribution in [0, 0.1) is 57.0 Å². The summed E-state index contributed by atoms with van der Waals surface area (Å²) in [5.41, 5.74) is 7.18. The molecular formula is C62H30F2N4O2S6. The highest BCUT2D eigenvalue weighted by Gasteiger charge is 2.47. The molecule has 0 spiro atoms. The quantitative estimate of drug-likeness (QED) is 0.127. The normalized spacial score (nSPS) is 16.2. The number of halogens is 2. The fraction of sp³-hybridized carbons (Fsp3) is 0.0968. The van der Waals surface area contributed by atoms with Crippen molar-refractivity contribution in [3.05, 3.63) is 185 Å². The van der Waals surface area contributed by atoms with Gasteiger partial charge in [0.2, 0.25) is 0 Å². The van der Waals surface area contributed by atoms with Crippen LogP contribution in [0.15, 0.2) is 119 Å². The lowest BCUT2D eigenvalue weighted by Gasteiger charge is -2.22. The number of nitrogens with zero attached hydrogens (tertiary/aromatic N) is 4. The van der Waals surface area contributed by atoms with Crippen molar-refractivity contribution >= 4 is 132 Å². The van der Waals surface area contributed by atoms with E-state index in [1.165, 1.54) is 45.3 Å². The summed E-state index contributed by atoms with van der Waals surface area (Å²) < 4.78 is 38.1. The number of carbonyl (C=O) groups excluding carboxylic acids is 2. The van der Waals surface area contributed by atoms with Crippen LogP contribution in [0.2, 0.25) is 0 Å². The van der Waals surface area contributed by atoms with E-state index in [9.17, 15) is 30.6 Å². The van der Waals surface area contributed by atoms with Gasteiger partial charge >= 0.3 is 0 Å². The fourth-order valence-electron chi connectivity index (χ4n) is 11.8. The molecule has 0 N–H and O–H groups in total. The summed E-state index contributed by atoms with van der Waals surface area (Å²) in [6, 6.07) is 37.9. The second-order valence-electron chi connectivity index (χ2n) is 20.0. The first-order valence-electron chi connectivity index (χ1n) is 23.8. The van der Waals surface area contributed by atoms with E-state index < -0.39 is 10.8 Å². The van der Waals surface area contributed by atoms with Crippen LogP contribution < -0.4 is 0 Å². The van der Waals surface area contributed by atoms with Gasteiger partial charge in [0.05, 0.1) is 18.8 Å². The molecule has 4 aromatic carbocycles. The average Bonchev–Trinajstić information content (AvgIpc) is 4.42. The summed E-state index contributed by atoms with van der Waals surface area (Å²) >= 11 is 8.92. The molecule has 4 aliphatic carbocycles. The second kappa shape index (κ2) is 16.2. The van der Waals surface area contributed by atoms with Crippen LogP contribution >= 0.6 is 68.0 Å². The number of fused-ring (bicyclic) bond motifs is 13. The highest BCUT2D eigenvalue weighted by Crippen LogP contribution is 2.65. The lowest BCUT2D eigenvalue weighted by molar-refractivity contribution is 0.103. The van der Waals surface area contributed by atoms with Gasteiger partial charge in [0.1, 0.15) is 47.1 Å². The maximum atomic E-state index is 17.4. The minimum Gasteiger partial charge on any atom is -0.289 e. The number of carbonyl (C=O) groups is 2. The molecule has 14 heteroatoms. The first-order chi connectivity index (χ1) is 36.7. The monoisotopic (exact) mass is 1090 g/mol. The molecule has 0 atom stereocenters. The van der Waals surface area contributed by atoms with Crippen molar-refractivity contribution < 1.29 is 18.4 Å². The Labute approximate surface area is 456 Å². The van der Waals surface area contributed by atoms with Crippen molar-refractivity contribution in [3.8, 4) is 64.7 Å². The highest BCUT2D eigenvalue weighted by atomic mass is 32.1. The minimum atomic E-state index is -0.558. The Morgan fingerprint density at radius 2 is 0.855 bits per heavy atom. The number of allylic oxidation sites excluding steroid dienone is 6. The lowest BCUT2D eigenvalue weighted by Crippen LogP contribution is -2.16. The van der Waals surface area contributed by atoms with Crippen molar-refractivity contribution in [1.29, 1.82) is 21.0 Å². The Hall–Kier alpha value is -8.02. The van der Waals surface area contributed by atoms with E-state index in [1.807, 2.05) is 60.7 Å². The van der Waals surface area contributed by atoms with E-state index in [0.29, 0.717) is 65.1 Å². The standard InChI is InChI=1S/C62H30F2N4O2S6/c1-61(2)39-17-27-19-43(41-15-13-31(71-41)21-37-45(29(23-65)24-66)33-9-5-7-11-35(33)53(37)69)73-55(27)51(63)47(39)57-49(61)59-60(75-57)50-58(76-59)48-40(62(50,3)4)18-28-20-44(74-56(28)52(48)64)42-16-14-32(72-42)22-38-46(30(25-67)26-68)34-10-6-8-12-36(34)54(38)70/h5-22H,1-4H3/b37-21-,38-22-. The van der Waals surface area contributed by atoms with Gasteiger partial charge in [0.25, 0.3) is 0 Å². The van der Waals surface area contributed by atoms with E-state index in [0.717, 1.165) is 81.4 Å². The summed E-state index contributed by atoms with van der Waals surface area (Å²) in [6.07, 6.45) is 3.48. The molecule has 0 unspecified atom stereocenters. The Kier molecular flexibility index (Phi) is 9.94. The minimum absolute atomic E-state index is 0.119. The Bertz CT molecular complexity index is 4440. The Morgan fingerprint density at radius 1 is 0.474 bits per heavy atom. The third-order valence-electron chi connectivity index (χ3n) is 15.2. The number of hydrogen-bond acceptors (Lipinski definition) is 12. The largest absolute Gasteiger partial charge is 0.289 e. The van der Waals surface area contributed by atoms with Gasteiger partial charge in [-0.2, -0.15) is 21.0 Å². The molecule has 0 fully saturated rings. The summed E-state index contributed by atoms with van der Waals surface area (Å²) in [6.45, 7) is 8.61. The summed E-state index contributed by atoms with van der Waals surface area (Å²) in [4.78, 5) is 34.1. The van der Waals surface area contributed by atoms with E-state index in [-0.39, 0.29) is 34.3 Å². The summed E-state index contributed by atoms with van der Waals surface area (Å²) in [5.74, 6) is -0.991. The fourth-order valence-corrected chi connectivity index (χ4v) is 19.6. The molecule has 0 saturated carbocycles. The third kappa shape index (κ3) is 6.20. The van der Waals surface area contributed by atoms with Gasteiger partial charge in [-0.25, -0.2) is 8.78 Å². The van der Waals surface area contributed by atoms with Crippen LogP contribution in [0.25, 0.3) is 93.3 Å². The maximum absolute atomic E-state index is 17.4. The lowest BCUT2D eigenvalue weighted by atomic mass is 9.81. The number of rotatable bonds is 4. The predicted molar refractivity (Wildman–Crippen MR) is 306 cm³/mol. The molecule has 6 aromatic heterocycles. The highest BCUT2D eigenvalue weighted by molar-refractivity contribution is 7.32. The molecule has 0 bridgehead atoms. The smallest absolute Gasteiger partial charge is 0.194 e. The van der Waals surface area contributed by atoms with Crippen LogP contribution in [0.3, 0.4) is 0 Å². The van der Waals surface area contributed by atoms with E-state index in [4.69, 9.17) is 0 Å². The molecule has 0 radical (unpaired) electrons. The molecular weight excluding hydrogens is 1060 g/mol. The van der Waals surface area contributed by atoms with Crippen molar-refractivity contribution in [3.63, 3.8) is 0 Å². The molecule has 6 nitrogen and oxygen atoms in total. The van der Waals surface area contributed by atoms with Crippen LogP contribution in [-0.2, 0) is 10.8 Å². The van der Waals surface area contributed by atoms with Gasteiger partial charge in [0.15, 0.2) is 11.6 Å². The SMILES string of the molecule is CC1(C)c2cc3cc(-c4ccc(/C=C5\C(=O)c6ccccc6C5=C(C#N)C#N)s4)sc3c(F)c2-c2sc3c4c(sc3c21)-c1c(cc2cc(-c3ccc(/C=C5\C(=O)c6ccccc6C5=C(C#N)C#N)s3)sc2c1F)C4(C)C. The molecule has 360 valence electrons. The van der Waals surface area contributed by atoms with Gasteiger partial charge in [-0.05, 0) is 105 Å². The van der Waals surface area contributed by atoms with Crippen molar-refractivity contribution in [2.75, 3.05) is 0 Å². The van der Waals surface area contributed by atoms with Crippen LogP contribution in [-0.4, -0.2) is 11.6 Å². The molecule has 10 aromatic rings. The summed E-state index contributed by atoms with van der Waals surface area (Å²) in [7, 11) is 0. The van der Waals surface area contributed by atoms with E-state index >= 15 is 8.78 Å². The molecule has 0 saturated heterocycles. The van der Waals surface area contributed by atoms with Gasteiger partial charge in [-0.15, -0.1) is 68.0 Å². The number of thiophene rings is 6. The predicted octanol–water partition coefficient (Wildman–Crippen LogP) is 17.9. The van der Waals surface area contributed by atoms with E-state index in [1.54, 1.807) is 83.4 Å². The zero-order valence-corrected chi connectivity index (χ0v) is 45.1. The van der Waals surface area contributed by atoms with Crippen LogP contribution in [0.1, 0.15) is 91.5 Å². The maximum Gasteiger partial charge on any atom is 0.194 e. The third-order valence-corrected chi connectivity index (χ3v) is 22.6. The van der Waals surface area contributed by atoms with Gasteiger partial charge in [-0.3, -0.25) is 9.59 Å². The van der Waals surface area contributed by atoms with E-state index in [2.05, 4.69) is 39.8 Å². The molecule has 6 heterocycles. The van der Waals surface area contributed by atoms with Gasteiger partial charge in [-0.1, -0.05) is 76.2 Å². The number of nitriles is 4. The second-order valence-corrected chi connectivity index (χ2v) is 26.4. The molecule has 4 aliphatic rings. The zero-order valence-electron chi connectivity index (χ0n) is 40.2. The first-order valence-corrected chi connectivity index (χ1v) is 28.7. The van der Waals surface area contributed by atoms with Crippen LogP contribution in [0.5, 0.6) is 0 Å². The number of hydrogen-bond donors (Lipinski definition) is 0. The number of benzene rings is 4. The average molecular weight is 1090 g/mol. The molecule has 14 rings (SSSR count). The Balaban J connectivity index is 0.807. The van der Waals surface area contributed by atoms with Crippen LogP contribution in [0.4, 0.5) is 8.78 Å². The first kappa shape index (κ1) is 46.5. The number of ketones is 2. The van der Waals surface area contributed by atoms with Gasteiger partial charge in [0, 0.05) is 94.4 Å². The molecule has 76 heavy (non-hydrogen) atoms. The van der Waals surface area contributed by atoms with Crippen molar-refractivity contribution in [2.45, 2.75) is 38.5 Å². The van der Waals surface area contributed by atoms with Gasteiger partial charge < -0.3 is 0 Å². The van der Waals surface area contributed by atoms with Crippen molar-refractivity contribution in [1.82, 2.24) is 0 Å². The Morgan fingerprint density at radius 3 is 1.24 bits per heavy atom. The number of Topliss-reactive ketones (excluding diaryl/α,β-unsaturated/α-hetero) is 2. The topological polar surface area (TPSA) is 129 Å². The van der Waals surface area contributed by atoms with Crippen molar-refractivity contribution in [2.24, 2.45) is 0 Å². The molecule has 0 amide bonds.